The molecule has 1 aromatic carbocycles. The summed E-state index contributed by atoms with van der Waals surface area (Å²) < 4.78 is 5.49. The maximum absolute atomic E-state index is 11.8. The fourth-order valence-electron chi connectivity index (χ4n) is 1.70. The summed E-state index contributed by atoms with van der Waals surface area (Å²) in [6.07, 6.45) is 0.366. The molecule has 0 saturated heterocycles. The Morgan fingerprint density at radius 2 is 2.05 bits per heavy atom. The van der Waals surface area contributed by atoms with Crippen molar-refractivity contribution in [2.75, 3.05) is 6.61 Å². The molecule has 2 rings (SSSR count). The van der Waals surface area contributed by atoms with Crippen molar-refractivity contribution in [3.8, 4) is 5.75 Å². The number of ether oxygens (including phenoxy) is 1. The second-order valence-electron chi connectivity index (χ2n) is 4.22. The highest BCUT2D eigenvalue weighted by Crippen LogP contribution is 2.18. The number of amides is 1. The first kappa shape index (κ1) is 13.6. The second-order valence-corrected chi connectivity index (χ2v) is 5.20. The van der Waals surface area contributed by atoms with Gasteiger partial charge in [-0.1, -0.05) is 24.3 Å². The minimum atomic E-state index is 0.0110. The van der Waals surface area contributed by atoms with Crippen molar-refractivity contribution in [3.05, 3.63) is 52.7 Å². The Bertz CT molecular complexity index is 496. The lowest BCUT2D eigenvalue weighted by Gasteiger charge is -2.12. The van der Waals surface area contributed by atoms with Gasteiger partial charge in [-0.25, -0.2) is 0 Å². The second kappa shape index (κ2) is 6.95. The number of thiophene rings is 1. The Morgan fingerprint density at radius 1 is 1.26 bits per heavy atom. The average Bonchev–Trinajstić information content (AvgIpc) is 2.94. The SMILES string of the molecule is CC(NC(=O)CCOc1ccccc1)c1cccs1. The molecule has 100 valence electrons. The highest BCUT2D eigenvalue weighted by molar-refractivity contribution is 7.10. The molecule has 19 heavy (non-hydrogen) atoms. The average molecular weight is 275 g/mol. The quantitative estimate of drug-likeness (QED) is 0.877. The van der Waals surface area contributed by atoms with Crippen LogP contribution in [0, 0.1) is 0 Å². The smallest absolute Gasteiger partial charge is 0.223 e. The van der Waals surface area contributed by atoms with E-state index in [4.69, 9.17) is 4.74 Å². The maximum atomic E-state index is 11.8. The van der Waals surface area contributed by atoms with Crippen LogP contribution in [0.3, 0.4) is 0 Å². The van der Waals surface area contributed by atoms with Gasteiger partial charge < -0.3 is 10.1 Å². The largest absolute Gasteiger partial charge is 0.493 e. The first-order valence-corrected chi connectivity index (χ1v) is 7.14. The van der Waals surface area contributed by atoms with Crippen LogP contribution in [-0.2, 0) is 4.79 Å². The highest BCUT2D eigenvalue weighted by Gasteiger charge is 2.10. The van der Waals surface area contributed by atoms with Gasteiger partial charge in [-0.2, -0.15) is 0 Å². The summed E-state index contributed by atoms with van der Waals surface area (Å²) in [4.78, 5) is 12.9. The maximum Gasteiger partial charge on any atom is 0.223 e. The van der Waals surface area contributed by atoms with E-state index in [1.807, 2.05) is 54.8 Å². The van der Waals surface area contributed by atoms with Gasteiger partial charge in [0.15, 0.2) is 0 Å². The number of benzene rings is 1. The Kier molecular flexibility index (Phi) is 4.98. The molecule has 0 aliphatic carbocycles. The van der Waals surface area contributed by atoms with Crippen molar-refractivity contribution in [1.82, 2.24) is 5.32 Å². The van der Waals surface area contributed by atoms with E-state index in [1.165, 1.54) is 0 Å². The minimum Gasteiger partial charge on any atom is -0.493 e. The molecular weight excluding hydrogens is 258 g/mol. The lowest BCUT2D eigenvalue weighted by molar-refractivity contribution is -0.122. The summed E-state index contributed by atoms with van der Waals surface area (Å²) >= 11 is 1.65. The van der Waals surface area contributed by atoms with Crippen molar-refractivity contribution in [2.45, 2.75) is 19.4 Å². The van der Waals surface area contributed by atoms with Crippen molar-refractivity contribution < 1.29 is 9.53 Å². The fraction of sp³-hybridized carbons (Fsp3) is 0.267. The topological polar surface area (TPSA) is 38.3 Å². The molecule has 1 atom stereocenters. The van der Waals surface area contributed by atoms with Gasteiger partial charge in [0.1, 0.15) is 5.75 Å². The molecule has 1 aromatic heterocycles. The van der Waals surface area contributed by atoms with Gasteiger partial charge in [0.05, 0.1) is 19.1 Å². The molecular formula is C15H17NO2S. The molecule has 0 radical (unpaired) electrons. The minimum absolute atomic E-state index is 0.0110. The number of rotatable bonds is 6. The van der Waals surface area contributed by atoms with Crippen LogP contribution in [0.1, 0.15) is 24.3 Å². The van der Waals surface area contributed by atoms with E-state index >= 15 is 0 Å². The summed E-state index contributed by atoms with van der Waals surface area (Å²) in [6, 6.07) is 13.6. The number of carbonyl (C=O) groups is 1. The third-order valence-electron chi connectivity index (χ3n) is 2.69. The molecule has 1 unspecified atom stereocenters. The lowest BCUT2D eigenvalue weighted by Crippen LogP contribution is -2.27. The number of hydrogen-bond acceptors (Lipinski definition) is 3. The number of hydrogen-bond donors (Lipinski definition) is 1. The number of carbonyl (C=O) groups excluding carboxylic acids is 1. The van der Waals surface area contributed by atoms with Crippen LogP contribution in [0.5, 0.6) is 5.75 Å². The molecule has 0 aliphatic heterocycles. The molecule has 0 fully saturated rings. The summed E-state index contributed by atoms with van der Waals surface area (Å²) in [5, 5.41) is 4.97. The molecule has 1 heterocycles. The Balaban J connectivity index is 1.70. The molecule has 1 amide bonds. The zero-order chi connectivity index (χ0) is 13.5. The van der Waals surface area contributed by atoms with Gasteiger partial charge in [0, 0.05) is 4.88 Å². The lowest BCUT2D eigenvalue weighted by atomic mass is 10.2. The molecule has 0 spiro atoms. The molecule has 0 aliphatic rings. The monoisotopic (exact) mass is 275 g/mol. The van der Waals surface area contributed by atoms with Gasteiger partial charge >= 0.3 is 0 Å². The van der Waals surface area contributed by atoms with E-state index in [1.54, 1.807) is 11.3 Å². The van der Waals surface area contributed by atoms with Crippen molar-refractivity contribution in [1.29, 1.82) is 0 Å². The van der Waals surface area contributed by atoms with E-state index in [0.717, 1.165) is 10.6 Å². The third kappa shape index (κ3) is 4.41. The van der Waals surface area contributed by atoms with E-state index in [2.05, 4.69) is 5.32 Å². The molecule has 2 aromatic rings. The van der Waals surface area contributed by atoms with Crippen LogP contribution in [0.15, 0.2) is 47.8 Å². The van der Waals surface area contributed by atoms with Gasteiger partial charge in [0.25, 0.3) is 0 Å². The standard InChI is InChI=1S/C15H17NO2S/c1-12(14-8-5-11-19-14)16-15(17)9-10-18-13-6-3-2-4-7-13/h2-8,11-12H,9-10H2,1H3,(H,16,17). The van der Waals surface area contributed by atoms with Crippen molar-refractivity contribution >= 4 is 17.2 Å². The number of nitrogens with one attached hydrogen (secondary N) is 1. The van der Waals surface area contributed by atoms with Crippen molar-refractivity contribution in [3.63, 3.8) is 0 Å². The van der Waals surface area contributed by atoms with Gasteiger partial charge in [-0.05, 0) is 30.5 Å². The highest BCUT2D eigenvalue weighted by atomic mass is 32.1. The number of para-hydroxylation sites is 1. The van der Waals surface area contributed by atoms with E-state index < -0.39 is 0 Å². The molecule has 3 nitrogen and oxygen atoms in total. The van der Waals surface area contributed by atoms with Crippen LogP contribution >= 0.6 is 11.3 Å². The van der Waals surface area contributed by atoms with Gasteiger partial charge in [-0.15, -0.1) is 11.3 Å². The summed E-state index contributed by atoms with van der Waals surface area (Å²) in [5.41, 5.74) is 0. The van der Waals surface area contributed by atoms with E-state index in [9.17, 15) is 4.79 Å². The third-order valence-corrected chi connectivity index (χ3v) is 3.74. The molecule has 0 bridgehead atoms. The van der Waals surface area contributed by atoms with Crippen LogP contribution in [0.25, 0.3) is 0 Å². The molecule has 4 heteroatoms. The van der Waals surface area contributed by atoms with Crippen LogP contribution in [-0.4, -0.2) is 12.5 Å². The van der Waals surface area contributed by atoms with Gasteiger partial charge in [0.2, 0.25) is 5.91 Å². The van der Waals surface area contributed by atoms with E-state index in [-0.39, 0.29) is 11.9 Å². The van der Waals surface area contributed by atoms with E-state index in [0.29, 0.717) is 13.0 Å². The van der Waals surface area contributed by atoms with Crippen LogP contribution in [0.2, 0.25) is 0 Å². The Morgan fingerprint density at radius 3 is 2.74 bits per heavy atom. The van der Waals surface area contributed by atoms with Crippen molar-refractivity contribution in [2.24, 2.45) is 0 Å². The van der Waals surface area contributed by atoms with Crippen LogP contribution < -0.4 is 10.1 Å². The molecule has 0 saturated carbocycles. The molecule has 1 N–H and O–H groups in total. The summed E-state index contributed by atoms with van der Waals surface area (Å²) in [6.45, 7) is 2.38. The zero-order valence-corrected chi connectivity index (χ0v) is 11.7. The normalized spacial score (nSPS) is 11.8. The predicted molar refractivity (Wildman–Crippen MR) is 77.4 cm³/mol. The summed E-state index contributed by atoms with van der Waals surface area (Å²) in [5.74, 6) is 0.804. The predicted octanol–water partition coefficient (Wildman–Crippen LogP) is 3.39. The Hall–Kier alpha value is -1.81. The Labute approximate surface area is 117 Å². The van der Waals surface area contributed by atoms with Gasteiger partial charge in [-0.3, -0.25) is 4.79 Å². The first-order valence-electron chi connectivity index (χ1n) is 6.26. The van der Waals surface area contributed by atoms with Crippen LogP contribution in [0.4, 0.5) is 0 Å². The zero-order valence-electron chi connectivity index (χ0n) is 10.8. The fourth-order valence-corrected chi connectivity index (χ4v) is 2.44. The first-order chi connectivity index (χ1) is 9.25. The summed E-state index contributed by atoms with van der Waals surface area (Å²) in [7, 11) is 0.